The SMILES string of the molecule is CN(CCc1ccc(Br)s1)C1CNC1. The first-order chi connectivity index (χ1) is 6.75. The summed E-state index contributed by atoms with van der Waals surface area (Å²) in [5, 5.41) is 3.30. The van der Waals surface area contributed by atoms with Crippen LogP contribution in [-0.4, -0.2) is 37.6 Å². The molecule has 0 saturated carbocycles. The largest absolute Gasteiger partial charge is 0.314 e. The fourth-order valence-electron chi connectivity index (χ4n) is 1.54. The van der Waals surface area contributed by atoms with Crippen LogP contribution >= 0.6 is 27.3 Å². The highest BCUT2D eigenvalue weighted by atomic mass is 79.9. The van der Waals surface area contributed by atoms with Gasteiger partial charge in [0.2, 0.25) is 0 Å². The predicted molar refractivity (Wildman–Crippen MR) is 65.0 cm³/mol. The average molecular weight is 275 g/mol. The first-order valence-electron chi connectivity index (χ1n) is 4.91. The Bertz CT molecular complexity index is 296. The number of thiophene rings is 1. The molecule has 0 unspecified atom stereocenters. The summed E-state index contributed by atoms with van der Waals surface area (Å²) < 4.78 is 1.24. The molecule has 1 aliphatic heterocycles. The van der Waals surface area contributed by atoms with E-state index in [4.69, 9.17) is 0 Å². The van der Waals surface area contributed by atoms with Gasteiger partial charge in [-0.05, 0) is 41.5 Å². The van der Waals surface area contributed by atoms with Crippen LogP contribution < -0.4 is 5.32 Å². The maximum absolute atomic E-state index is 3.49. The van der Waals surface area contributed by atoms with E-state index in [0.29, 0.717) is 0 Å². The van der Waals surface area contributed by atoms with Crippen LogP contribution in [0.25, 0.3) is 0 Å². The number of hydrogen-bond acceptors (Lipinski definition) is 3. The smallest absolute Gasteiger partial charge is 0.0701 e. The number of likely N-dealkylation sites (N-methyl/N-ethyl adjacent to an activating group) is 1. The van der Waals surface area contributed by atoms with Gasteiger partial charge in [0.1, 0.15) is 0 Å². The van der Waals surface area contributed by atoms with Gasteiger partial charge in [-0.2, -0.15) is 0 Å². The van der Waals surface area contributed by atoms with E-state index in [1.165, 1.54) is 21.6 Å². The van der Waals surface area contributed by atoms with Gasteiger partial charge in [0, 0.05) is 30.6 Å². The van der Waals surface area contributed by atoms with Gasteiger partial charge in [-0.1, -0.05) is 0 Å². The molecule has 78 valence electrons. The number of nitrogens with one attached hydrogen (secondary N) is 1. The summed E-state index contributed by atoms with van der Waals surface area (Å²) in [7, 11) is 2.22. The summed E-state index contributed by atoms with van der Waals surface area (Å²) >= 11 is 5.33. The van der Waals surface area contributed by atoms with Gasteiger partial charge in [0.05, 0.1) is 3.79 Å². The fraction of sp³-hybridized carbons (Fsp3) is 0.600. The highest BCUT2D eigenvalue weighted by Crippen LogP contribution is 2.22. The van der Waals surface area contributed by atoms with Gasteiger partial charge in [0.25, 0.3) is 0 Å². The normalized spacial score (nSPS) is 17.4. The van der Waals surface area contributed by atoms with E-state index in [2.05, 4.69) is 45.3 Å². The molecule has 0 amide bonds. The molecule has 0 aromatic carbocycles. The van der Waals surface area contributed by atoms with Gasteiger partial charge >= 0.3 is 0 Å². The van der Waals surface area contributed by atoms with Crippen molar-refractivity contribution in [2.24, 2.45) is 0 Å². The van der Waals surface area contributed by atoms with Gasteiger partial charge in [-0.3, -0.25) is 0 Å². The van der Waals surface area contributed by atoms with Crippen LogP contribution in [0, 0.1) is 0 Å². The molecule has 1 fully saturated rings. The summed E-state index contributed by atoms with van der Waals surface area (Å²) in [6.07, 6.45) is 1.17. The van der Waals surface area contributed by atoms with E-state index in [1.54, 1.807) is 0 Å². The Kier molecular flexibility index (Phi) is 3.60. The minimum atomic E-state index is 0.762. The Labute approximate surface area is 97.4 Å². The number of rotatable bonds is 4. The van der Waals surface area contributed by atoms with Gasteiger partial charge < -0.3 is 10.2 Å². The lowest BCUT2D eigenvalue weighted by Crippen LogP contribution is -2.56. The number of halogens is 1. The van der Waals surface area contributed by atoms with Gasteiger partial charge in [-0.25, -0.2) is 0 Å². The molecule has 1 aromatic rings. The van der Waals surface area contributed by atoms with E-state index < -0.39 is 0 Å². The van der Waals surface area contributed by atoms with Crippen molar-refractivity contribution in [3.8, 4) is 0 Å². The zero-order valence-corrected chi connectivity index (χ0v) is 10.7. The topological polar surface area (TPSA) is 15.3 Å². The first kappa shape index (κ1) is 10.6. The quantitative estimate of drug-likeness (QED) is 0.903. The van der Waals surface area contributed by atoms with E-state index in [9.17, 15) is 0 Å². The van der Waals surface area contributed by atoms with Crippen molar-refractivity contribution in [2.75, 3.05) is 26.7 Å². The van der Waals surface area contributed by atoms with Crippen LogP contribution in [0.4, 0.5) is 0 Å². The molecule has 14 heavy (non-hydrogen) atoms. The Morgan fingerprint density at radius 1 is 1.57 bits per heavy atom. The fourth-order valence-corrected chi connectivity index (χ4v) is 3.01. The van der Waals surface area contributed by atoms with Crippen LogP contribution in [0.15, 0.2) is 15.9 Å². The third-order valence-electron chi connectivity index (χ3n) is 2.72. The molecule has 0 spiro atoms. The molecule has 0 bridgehead atoms. The molecule has 0 radical (unpaired) electrons. The number of hydrogen-bond donors (Lipinski definition) is 1. The van der Waals surface area contributed by atoms with E-state index in [1.807, 2.05) is 11.3 Å². The molecule has 2 nitrogen and oxygen atoms in total. The molecule has 1 N–H and O–H groups in total. The highest BCUT2D eigenvalue weighted by Gasteiger charge is 2.20. The van der Waals surface area contributed by atoms with Crippen LogP contribution in [0.2, 0.25) is 0 Å². The Hall–Kier alpha value is 0.1000. The lowest BCUT2D eigenvalue weighted by atomic mass is 10.1. The first-order valence-corrected chi connectivity index (χ1v) is 6.52. The van der Waals surface area contributed by atoms with Crippen molar-refractivity contribution in [1.82, 2.24) is 10.2 Å². The van der Waals surface area contributed by atoms with E-state index >= 15 is 0 Å². The molecule has 2 heterocycles. The van der Waals surface area contributed by atoms with Crippen molar-refractivity contribution < 1.29 is 0 Å². The Balaban J connectivity index is 1.76. The Morgan fingerprint density at radius 2 is 2.36 bits per heavy atom. The van der Waals surface area contributed by atoms with Gasteiger partial charge in [0.15, 0.2) is 0 Å². The van der Waals surface area contributed by atoms with Crippen molar-refractivity contribution in [1.29, 1.82) is 0 Å². The van der Waals surface area contributed by atoms with Crippen molar-refractivity contribution in [3.05, 3.63) is 20.8 Å². The molecule has 0 atom stereocenters. The zero-order valence-electron chi connectivity index (χ0n) is 8.29. The maximum Gasteiger partial charge on any atom is 0.0701 e. The van der Waals surface area contributed by atoms with Crippen LogP contribution in [-0.2, 0) is 6.42 Å². The van der Waals surface area contributed by atoms with Crippen LogP contribution in [0.3, 0.4) is 0 Å². The second-order valence-electron chi connectivity index (χ2n) is 3.75. The molecule has 1 saturated heterocycles. The summed E-state index contributed by atoms with van der Waals surface area (Å²) in [6, 6.07) is 5.10. The number of nitrogens with zero attached hydrogens (tertiary/aromatic N) is 1. The third kappa shape index (κ3) is 2.57. The Morgan fingerprint density at radius 3 is 2.86 bits per heavy atom. The lowest BCUT2D eigenvalue weighted by molar-refractivity contribution is 0.182. The standard InChI is InChI=1S/C10H15BrN2S/c1-13(8-6-12-7-8)5-4-9-2-3-10(11)14-9/h2-3,8,12H,4-7H2,1H3. The monoisotopic (exact) mass is 274 g/mol. The molecule has 1 aliphatic rings. The van der Waals surface area contributed by atoms with Crippen LogP contribution in [0.5, 0.6) is 0 Å². The summed E-state index contributed by atoms with van der Waals surface area (Å²) in [5.74, 6) is 0. The molecular weight excluding hydrogens is 260 g/mol. The second kappa shape index (κ2) is 4.75. The molecule has 1 aromatic heterocycles. The molecule has 2 rings (SSSR count). The molecule has 4 heteroatoms. The summed E-state index contributed by atoms with van der Waals surface area (Å²) in [4.78, 5) is 3.92. The highest BCUT2D eigenvalue weighted by molar-refractivity contribution is 9.11. The minimum Gasteiger partial charge on any atom is -0.314 e. The molecular formula is C10H15BrN2S. The van der Waals surface area contributed by atoms with Gasteiger partial charge in [-0.15, -0.1) is 11.3 Å². The van der Waals surface area contributed by atoms with Crippen LogP contribution in [0.1, 0.15) is 4.88 Å². The van der Waals surface area contributed by atoms with Crippen molar-refractivity contribution in [2.45, 2.75) is 12.5 Å². The van der Waals surface area contributed by atoms with E-state index in [-0.39, 0.29) is 0 Å². The van der Waals surface area contributed by atoms with E-state index in [0.717, 1.165) is 19.1 Å². The minimum absolute atomic E-state index is 0.762. The maximum atomic E-state index is 3.49. The summed E-state index contributed by atoms with van der Waals surface area (Å²) in [5.41, 5.74) is 0. The zero-order chi connectivity index (χ0) is 9.97. The van der Waals surface area contributed by atoms with Crippen molar-refractivity contribution in [3.63, 3.8) is 0 Å². The third-order valence-corrected chi connectivity index (χ3v) is 4.41. The summed E-state index contributed by atoms with van der Waals surface area (Å²) in [6.45, 7) is 3.48. The second-order valence-corrected chi connectivity index (χ2v) is 6.30. The predicted octanol–water partition coefficient (Wildman–Crippen LogP) is 1.96. The average Bonchev–Trinajstić information content (AvgIpc) is 2.45. The van der Waals surface area contributed by atoms with Crippen molar-refractivity contribution >= 4 is 27.3 Å². The molecule has 0 aliphatic carbocycles. The lowest BCUT2D eigenvalue weighted by Gasteiger charge is -2.35.